The molecular formula is C3H8NP. The zero-order valence-electron chi connectivity index (χ0n) is 3.28. The van der Waals surface area contributed by atoms with E-state index in [2.05, 4.69) is 9.24 Å². The minimum Gasteiger partial charge on any atom is -0.306 e. The average molecular weight is 89.1 g/mol. The Balaban J connectivity index is 2.85. The second-order valence-corrected chi connectivity index (χ2v) is 1.58. The molecule has 0 aliphatic heterocycles. The van der Waals surface area contributed by atoms with Crippen molar-refractivity contribution in [1.29, 1.82) is 5.41 Å². The van der Waals surface area contributed by atoms with Gasteiger partial charge in [0.15, 0.2) is 0 Å². The van der Waals surface area contributed by atoms with Crippen LogP contribution < -0.4 is 0 Å². The van der Waals surface area contributed by atoms with Gasteiger partial charge in [-0.25, -0.2) is 0 Å². The van der Waals surface area contributed by atoms with E-state index in [1.165, 1.54) is 0 Å². The second kappa shape index (κ2) is 2.34. The van der Waals surface area contributed by atoms with Crippen molar-refractivity contribution in [1.82, 2.24) is 0 Å². The molecule has 5 heavy (non-hydrogen) atoms. The van der Waals surface area contributed by atoms with E-state index in [1.807, 2.05) is 6.92 Å². The van der Waals surface area contributed by atoms with Crippen molar-refractivity contribution >= 4 is 14.7 Å². The molecule has 0 rings (SSSR count). The molecule has 0 saturated carbocycles. The van der Waals surface area contributed by atoms with Crippen molar-refractivity contribution in [3.63, 3.8) is 0 Å². The van der Waals surface area contributed by atoms with Crippen LogP contribution in [0.3, 0.4) is 0 Å². The van der Waals surface area contributed by atoms with Gasteiger partial charge >= 0.3 is 0 Å². The van der Waals surface area contributed by atoms with Crippen LogP contribution in [0.2, 0.25) is 0 Å². The first-order valence-electron chi connectivity index (χ1n) is 1.60. The van der Waals surface area contributed by atoms with Gasteiger partial charge in [-0.15, -0.1) is 0 Å². The van der Waals surface area contributed by atoms with Crippen LogP contribution in [0.15, 0.2) is 0 Å². The highest BCUT2D eigenvalue weighted by atomic mass is 31.0. The SMILES string of the molecule is CCC(=N)P. The average Bonchev–Trinajstić information content (AvgIpc) is 1.38. The van der Waals surface area contributed by atoms with Gasteiger partial charge in [0, 0.05) is 5.45 Å². The van der Waals surface area contributed by atoms with Crippen LogP contribution in [-0.2, 0) is 0 Å². The van der Waals surface area contributed by atoms with E-state index >= 15 is 0 Å². The van der Waals surface area contributed by atoms with Crippen molar-refractivity contribution in [3.8, 4) is 0 Å². The standard InChI is InChI=1S/C3H8NP/c1-2-3(4)5/h4H,2,5H2,1H3. The van der Waals surface area contributed by atoms with E-state index in [0.717, 1.165) is 6.42 Å². The van der Waals surface area contributed by atoms with E-state index in [-0.39, 0.29) is 0 Å². The Hall–Kier alpha value is 0.100. The summed E-state index contributed by atoms with van der Waals surface area (Å²) in [4.78, 5) is 0. The number of nitrogens with one attached hydrogen (secondary N) is 1. The summed E-state index contributed by atoms with van der Waals surface area (Å²) in [5, 5.41) is 6.71. The summed E-state index contributed by atoms with van der Waals surface area (Å²) in [5.41, 5.74) is 0.671. The molecule has 30 valence electrons. The monoisotopic (exact) mass is 89.0 g/mol. The molecule has 0 saturated heterocycles. The predicted molar refractivity (Wildman–Crippen MR) is 27.7 cm³/mol. The molecule has 0 aromatic heterocycles. The smallest absolute Gasteiger partial charge is 0.0254 e. The summed E-state index contributed by atoms with van der Waals surface area (Å²) >= 11 is 0. The molecule has 2 heteroatoms. The number of rotatable bonds is 1. The Morgan fingerprint density at radius 1 is 2.00 bits per heavy atom. The molecule has 1 nitrogen and oxygen atoms in total. The third-order valence-corrected chi connectivity index (χ3v) is 0.789. The minimum atomic E-state index is 0.671. The van der Waals surface area contributed by atoms with Crippen LogP contribution in [0.1, 0.15) is 13.3 Å². The zero-order chi connectivity index (χ0) is 4.28. The predicted octanol–water partition coefficient (Wildman–Crippen LogP) is 1.25. The van der Waals surface area contributed by atoms with Crippen LogP contribution in [0, 0.1) is 5.41 Å². The van der Waals surface area contributed by atoms with E-state index in [4.69, 9.17) is 5.41 Å². The van der Waals surface area contributed by atoms with E-state index < -0.39 is 0 Å². The molecular weight excluding hydrogens is 81.0 g/mol. The molecule has 0 aliphatic rings. The largest absolute Gasteiger partial charge is 0.306 e. The van der Waals surface area contributed by atoms with Gasteiger partial charge in [0.2, 0.25) is 0 Å². The fourth-order valence-electron chi connectivity index (χ4n) is 0. The van der Waals surface area contributed by atoms with Gasteiger partial charge in [0.05, 0.1) is 0 Å². The van der Waals surface area contributed by atoms with Crippen LogP contribution in [-0.4, -0.2) is 5.45 Å². The van der Waals surface area contributed by atoms with E-state index in [1.54, 1.807) is 0 Å². The third-order valence-electron chi connectivity index (χ3n) is 0.381. The van der Waals surface area contributed by atoms with Gasteiger partial charge < -0.3 is 5.41 Å². The maximum atomic E-state index is 6.71. The Morgan fingerprint density at radius 2 is 2.20 bits per heavy atom. The lowest BCUT2D eigenvalue weighted by molar-refractivity contribution is 1.28. The normalized spacial score (nSPS) is 7.60. The van der Waals surface area contributed by atoms with Gasteiger partial charge in [-0.05, 0) is 6.42 Å². The maximum Gasteiger partial charge on any atom is 0.0254 e. The molecule has 0 radical (unpaired) electrons. The molecule has 0 aliphatic carbocycles. The fraction of sp³-hybridized carbons (Fsp3) is 0.667. The first-order chi connectivity index (χ1) is 2.27. The van der Waals surface area contributed by atoms with Gasteiger partial charge in [-0.3, -0.25) is 0 Å². The maximum absolute atomic E-state index is 6.71. The highest BCUT2D eigenvalue weighted by Crippen LogP contribution is 1.87. The van der Waals surface area contributed by atoms with Crippen LogP contribution in [0.4, 0.5) is 0 Å². The van der Waals surface area contributed by atoms with Gasteiger partial charge in [-0.1, -0.05) is 16.2 Å². The molecule has 0 aromatic rings. The Bertz CT molecular complexity index is 42.2. The molecule has 0 fully saturated rings. The molecule has 0 aromatic carbocycles. The van der Waals surface area contributed by atoms with Crippen molar-refractivity contribution in [2.45, 2.75) is 13.3 Å². The van der Waals surface area contributed by atoms with Gasteiger partial charge in [0.1, 0.15) is 0 Å². The number of hydrogen-bond acceptors (Lipinski definition) is 1. The highest BCUT2D eigenvalue weighted by molar-refractivity contribution is 7.40. The van der Waals surface area contributed by atoms with E-state index in [0.29, 0.717) is 5.45 Å². The molecule has 0 amide bonds. The molecule has 1 N–H and O–H groups in total. The van der Waals surface area contributed by atoms with Crippen molar-refractivity contribution < 1.29 is 0 Å². The fourth-order valence-corrected chi connectivity index (χ4v) is 0. The summed E-state index contributed by atoms with van der Waals surface area (Å²) in [6, 6.07) is 0. The van der Waals surface area contributed by atoms with E-state index in [9.17, 15) is 0 Å². The third kappa shape index (κ3) is 4.10. The number of hydrogen-bond donors (Lipinski definition) is 1. The Morgan fingerprint density at radius 3 is 2.20 bits per heavy atom. The summed E-state index contributed by atoms with van der Waals surface area (Å²) in [5.74, 6) is 0. The minimum absolute atomic E-state index is 0.671. The lowest BCUT2D eigenvalue weighted by Crippen LogP contribution is -1.71. The highest BCUT2D eigenvalue weighted by Gasteiger charge is 1.70. The van der Waals surface area contributed by atoms with Crippen LogP contribution in [0.25, 0.3) is 0 Å². The summed E-state index contributed by atoms with van der Waals surface area (Å²) in [6.07, 6.45) is 0.852. The second-order valence-electron chi connectivity index (χ2n) is 0.879. The van der Waals surface area contributed by atoms with Gasteiger partial charge in [0.25, 0.3) is 0 Å². The summed E-state index contributed by atoms with van der Waals surface area (Å²) in [7, 11) is 2.32. The summed E-state index contributed by atoms with van der Waals surface area (Å²) in [6.45, 7) is 1.95. The van der Waals surface area contributed by atoms with Gasteiger partial charge in [-0.2, -0.15) is 0 Å². The molecule has 0 bridgehead atoms. The van der Waals surface area contributed by atoms with Crippen LogP contribution in [0.5, 0.6) is 0 Å². The zero-order valence-corrected chi connectivity index (χ0v) is 4.44. The molecule has 1 unspecified atom stereocenters. The van der Waals surface area contributed by atoms with Crippen molar-refractivity contribution in [2.24, 2.45) is 0 Å². The topological polar surface area (TPSA) is 23.9 Å². The van der Waals surface area contributed by atoms with Crippen molar-refractivity contribution in [2.75, 3.05) is 0 Å². The Kier molecular flexibility index (Phi) is 2.39. The first-order valence-corrected chi connectivity index (χ1v) is 2.18. The molecule has 1 atom stereocenters. The lowest BCUT2D eigenvalue weighted by Gasteiger charge is -1.77. The summed E-state index contributed by atoms with van der Waals surface area (Å²) < 4.78 is 0. The molecule has 0 heterocycles. The van der Waals surface area contributed by atoms with Crippen LogP contribution >= 0.6 is 9.24 Å². The quantitative estimate of drug-likeness (QED) is 0.369. The lowest BCUT2D eigenvalue weighted by atomic mass is 10.5. The van der Waals surface area contributed by atoms with Crippen molar-refractivity contribution in [3.05, 3.63) is 0 Å². The Labute approximate surface area is 34.5 Å². The first kappa shape index (κ1) is 5.10. The molecule has 0 spiro atoms.